The molecule has 0 aliphatic heterocycles. The van der Waals surface area contributed by atoms with Gasteiger partial charge in [0.15, 0.2) is 16.2 Å². The molecule has 9 heteroatoms. The number of rotatable bonds is 1. The van der Waals surface area contributed by atoms with Crippen molar-refractivity contribution in [2.75, 3.05) is 5.73 Å². The van der Waals surface area contributed by atoms with Crippen LogP contribution >= 0.6 is 15.9 Å². The average molecular weight is 336 g/mol. The monoisotopic (exact) mass is 335 g/mol. The molecule has 3 aromatic heterocycles. The lowest BCUT2D eigenvalue weighted by Gasteiger charge is -1.89. The number of carbonyl (C=O) groups is 1. The van der Waals surface area contributed by atoms with Gasteiger partial charge in [-0.2, -0.15) is 0 Å². The van der Waals surface area contributed by atoms with Gasteiger partial charge in [-0.05, 0) is 28.1 Å². The third-order valence-corrected chi connectivity index (χ3v) is 2.61. The zero-order valence-corrected chi connectivity index (χ0v) is 11.7. The second kappa shape index (κ2) is 6.06. The Morgan fingerprint density at radius 3 is 2.70 bits per heavy atom. The molecule has 3 rings (SSSR count). The minimum Gasteiger partial charge on any atom is -0.382 e. The van der Waals surface area contributed by atoms with Gasteiger partial charge in [0.1, 0.15) is 11.8 Å². The molecule has 0 aliphatic rings. The second-order valence-electron chi connectivity index (χ2n) is 3.59. The Hall–Kier alpha value is -2.55. The maximum absolute atomic E-state index is 10.4. The number of carbonyl (C=O) groups excluding carboxylic acids is 1. The maximum Gasteiger partial charge on any atom is 0.250 e. The first-order valence-corrected chi connectivity index (χ1v) is 6.18. The molecule has 0 atom stereocenters. The summed E-state index contributed by atoms with van der Waals surface area (Å²) in [5, 5.41) is 0. The molecule has 102 valence electrons. The van der Waals surface area contributed by atoms with Crippen LogP contribution in [-0.2, 0) is 0 Å². The molecular weight excluding hydrogens is 326 g/mol. The highest BCUT2D eigenvalue weighted by molar-refractivity contribution is 9.10. The molecule has 0 spiro atoms. The van der Waals surface area contributed by atoms with Gasteiger partial charge in [0.05, 0.1) is 5.56 Å². The van der Waals surface area contributed by atoms with Crippen molar-refractivity contribution in [3.8, 4) is 0 Å². The number of halogens is 1. The maximum atomic E-state index is 10.4. The molecule has 3 aromatic rings. The average Bonchev–Trinajstić information content (AvgIpc) is 2.82. The van der Waals surface area contributed by atoms with Gasteiger partial charge in [-0.15, -0.1) is 0 Å². The molecule has 0 radical (unpaired) electrons. The predicted molar refractivity (Wildman–Crippen MR) is 76.6 cm³/mol. The fourth-order valence-corrected chi connectivity index (χ4v) is 1.69. The number of fused-ring (bicyclic) bond motifs is 1. The predicted octanol–water partition coefficient (Wildman–Crippen LogP) is 0.878. The number of hydrogen-bond acceptors (Lipinski definition) is 6. The van der Waals surface area contributed by atoms with Gasteiger partial charge in [0.2, 0.25) is 5.91 Å². The quantitative estimate of drug-likeness (QED) is 0.564. The Kier molecular flexibility index (Phi) is 4.20. The Morgan fingerprint density at radius 2 is 2.15 bits per heavy atom. The number of hydrogen-bond donors (Lipinski definition) is 3. The van der Waals surface area contributed by atoms with Gasteiger partial charge < -0.3 is 16.5 Å². The van der Waals surface area contributed by atoms with E-state index in [1.54, 1.807) is 18.3 Å². The number of nitrogens with zero attached hydrogens (tertiary/aromatic N) is 4. The van der Waals surface area contributed by atoms with Crippen LogP contribution in [-0.4, -0.2) is 30.8 Å². The van der Waals surface area contributed by atoms with Crippen LogP contribution in [0.25, 0.3) is 11.2 Å². The van der Waals surface area contributed by atoms with E-state index >= 15 is 0 Å². The standard InChI is InChI=1S/C6H6N2O.C5H4BrN5/c7-6(9)5-2-1-3-8-4-5;6-5-10-2-3(7)8-1-9-4(2)11-5/h1-4H,(H2,7,9);1H,(H3,7,8,9,10,11). The van der Waals surface area contributed by atoms with Crippen molar-refractivity contribution in [3.05, 3.63) is 41.2 Å². The van der Waals surface area contributed by atoms with Crippen molar-refractivity contribution < 1.29 is 4.79 Å². The summed E-state index contributed by atoms with van der Waals surface area (Å²) in [5.41, 5.74) is 12.1. The molecule has 0 saturated heterocycles. The molecule has 0 bridgehead atoms. The third-order valence-electron chi connectivity index (χ3n) is 2.23. The normalized spacial score (nSPS) is 9.85. The van der Waals surface area contributed by atoms with Crippen LogP contribution in [0.2, 0.25) is 0 Å². The first kappa shape index (κ1) is 13.9. The molecule has 5 N–H and O–H groups in total. The molecular formula is C11H10BrN7O. The third kappa shape index (κ3) is 3.26. The topological polar surface area (TPSA) is 136 Å². The number of nitrogens with two attached hydrogens (primary N) is 2. The van der Waals surface area contributed by atoms with Crippen LogP contribution in [0, 0.1) is 0 Å². The van der Waals surface area contributed by atoms with E-state index in [4.69, 9.17) is 11.5 Å². The lowest BCUT2D eigenvalue weighted by molar-refractivity contribution is 0.1000. The lowest BCUT2D eigenvalue weighted by Crippen LogP contribution is -2.10. The number of aromatic nitrogens is 5. The highest BCUT2D eigenvalue weighted by Crippen LogP contribution is 2.15. The largest absolute Gasteiger partial charge is 0.382 e. The highest BCUT2D eigenvalue weighted by atomic mass is 79.9. The van der Waals surface area contributed by atoms with Crippen LogP contribution in [0.5, 0.6) is 0 Å². The van der Waals surface area contributed by atoms with Crippen LogP contribution in [0.3, 0.4) is 0 Å². The molecule has 0 unspecified atom stereocenters. The van der Waals surface area contributed by atoms with Crippen LogP contribution < -0.4 is 11.5 Å². The van der Waals surface area contributed by atoms with Gasteiger partial charge in [0, 0.05) is 12.4 Å². The summed E-state index contributed by atoms with van der Waals surface area (Å²) in [6.07, 6.45) is 4.40. The van der Waals surface area contributed by atoms with Gasteiger partial charge in [-0.3, -0.25) is 9.78 Å². The number of anilines is 1. The lowest BCUT2D eigenvalue weighted by atomic mass is 10.3. The molecule has 0 fully saturated rings. The summed E-state index contributed by atoms with van der Waals surface area (Å²) in [5.74, 6) is -0.0312. The van der Waals surface area contributed by atoms with Gasteiger partial charge in [-0.25, -0.2) is 15.0 Å². The highest BCUT2D eigenvalue weighted by Gasteiger charge is 2.03. The zero-order valence-electron chi connectivity index (χ0n) is 10.1. The van der Waals surface area contributed by atoms with Crippen molar-refractivity contribution in [2.24, 2.45) is 5.73 Å². The minimum atomic E-state index is -0.442. The van der Waals surface area contributed by atoms with Crippen LogP contribution in [0.4, 0.5) is 5.82 Å². The summed E-state index contributed by atoms with van der Waals surface area (Å²) >= 11 is 3.17. The van der Waals surface area contributed by atoms with Crippen molar-refractivity contribution in [1.29, 1.82) is 0 Å². The molecule has 3 heterocycles. The van der Waals surface area contributed by atoms with E-state index in [0.717, 1.165) is 0 Å². The number of nitrogens with one attached hydrogen (secondary N) is 1. The SMILES string of the molecule is NC(=O)c1cccnc1.Nc1ncnc2nc(Br)[nH]c12. The Balaban J connectivity index is 0.000000151. The van der Waals surface area contributed by atoms with E-state index < -0.39 is 5.91 Å². The molecule has 0 aromatic carbocycles. The Morgan fingerprint density at radius 1 is 1.35 bits per heavy atom. The number of H-pyrrole nitrogens is 1. The van der Waals surface area contributed by atoms with E-state index in [1.807, 2.05) is 0 Å². The van der Waals surface area contributed by atoms with Crippen molar-refractivity contribution in [3.63, 3.8) is 0 Å². The number of primary amides is 1. The molecule has 20 heavy (non-hydrogen) atoms. The number of aromatic amines is 1. The first-order valence-electron chi connectivity index (χ1n) is 5.39. The number of pyridine rings is 1. The summed E-state index contributed by atoms with van der Waals surface area (Å²) in [6, 6.07) is 3.29. The van der Waals surface area contributed by atoms with Gasteiger partial charge in [-0.1, -0.05) is 0 Å². The Labute approximate surface area is 121 Å². The van der Waals surface area contributed by atoms with Gasteiger partial charge in [0.25, 0.3) is 0 Å². The van der Waals surface area contributed by atoms with Crippen molar-refractivity contribution in [2.45, 2.75) is 0 Å². The molecule has 8 nitrogen and oxygen atoms in total. The van der Waals surface area contributed by atoms with E-state index in [0.29, 0.717) is 27.3 Å². The van der Waals surface area contributed by atoms with E-state index in [-0.39, 0.29) is 0 Å². The molecule has 0 saturated carbocycles. The fraction of sp³-hybridized carbons (Fsp3) is 0. The number of imidazole rings is 1. The smallest absolute Gasteiger partial charge is 0.250 e. The molecule has 1 amide bonds. The van der Waals surface area contributed by atoms with Crippen LogP contribution in [0.15, 0.2) is 35.6 Å². The van der Waals surface area contributed by atoms with Crippen molar-refractivity contribution in [1.82, 2.24) is 24.9 Å². The molecule has 0 aliphatic carbocycles. The summed E-state index contributed by atoms with van der Waals surface area (Å²) in [6.45, 7) is 0. The van der Waals surface area contributed by atoms with Crippen LogP contribution in [0.1, 0.15) is 10.4 Å². The summed E-state index contributed by atoms with van der Waals surface area (Å²) < 4.78 is 0.611. The van der Waals surface area contributed by atoms with Gasteiger partial charge >= 0.3 is 0 Å². The zero-order chi connectivity index (χ0) is 14.5. The van der Waals surface area contributed by atoms with Crippen molar-refractivity contribution >= 4 is 38.8 Å². The minimum absolute atomic E-state index is 0.410. The summed E-state index contributed by atoms with van der Waals surface area (Å²) in [4.78, 5) is 28.7. The second-order valence-corrected chi connectivity index (χ2v) is 4.34. The van der Waals surface area contributed by atoms with E-state index in [9.17, 15) is 4.79 Å². The number of nitrogen functional groups attached to an aromatic ring is 1. The Bertz CT molecular complexity index is 728. The number of amides is 1. The summed E-state index contributed by atoms with van der Waals surface area (Å²) in [7, 11) is 0. The van der Waals surface area contributed by atoms with E-state index in [2.05, 4.69) is 40.8 Å². The fourth-order valence-electron chi connectivity index (χ4n) is 1.33. The van der Waals surface area contributed by atoms with E-state index in [1.165, 1.54) is 12.5 Å². The first-order chi connectivity index (χ1) is 9.58.